The van der Waals surface area contributed by atoms with Gasteiger partial charge in [0.25, 0.3) is 0 Å². The van der Waals surface area contributed by atoms with Crippen molar-refractivity contribution in [2.24, 2.45) is 0 Å². The predicted octanol–water partition coefficient (Wildman–Crippen LogP) is 2.09. The zero-order chi connectivity index (χ0) is 12.3. The van der Waals surface area contributed by atoms with Gasteiger partial charge in [-0.25, -0.2) is 4.79 Å². The molecule has 92 valence electrons. The number of halogens is 1. The lowest BCUT2D eigenvalue weighted by atomic mass is 10.2. The Bertz CT molecular complexity index is 422. The van der Waals surface area contributed by atoms with Gasteiger partial charge < -0.3 is 15.5 Å². The van der Waals surface area contributed by atoms with Crippen molar-refractivity contribution in [1.29, 1.82) is 0 Å². The standard InChI is InChI=1S/C12H16ClN3O/c1-9-3-2-4-10(11(9)13)14-5-7-16-8-6-15-12(16)17/h2-4,14H,5-8H2,1H3,(H,15,17). The van der Waals surface area contributed by atoms with E-state index < -0.39 is 0 Å². The van der Waals surface area contributed by atoms with Crippen molar-refractivity contribution in [2.45, 2.75) is 6.92 Å². The average molecular weight is 254 g/mol. The summed E-state index contributed by atoms with van der Waals surface area (Å²) in [4.78, 5) is 13.1. The first-order chi connectivity index (χ1) is 8.18. The van der Waals surface area contributed by atoms with E-state index in [1.807, 2.05) is 25.1 Å². The Hall–Kier alpha value is -1.42. The van der Waals surface area contributed by atoms with E-state index in [0.29, 0.717) is 13.1 Å². The SMILES string of the molecule is Cc1cccc(NCCN2CCNC2=O)c1Cl. The highest BCUT2D eigenvalue weighted by molar-refractivity contribution is 6.33. The Kier molecular flexibility index (Phi) is 3.74. The number of nitrogens with one attached hydrogen (secondary N) is 2. The number of rotatable bonds is 4. The van der Waals surface area contributed by atoms with Gasteiger partial charge in [-0.05, 0) is 18.6 Å². The van der Waals surface area contributed by atoms with Crippen molar-refractivity contribution in [3.63, 3.8) is 0 Å². The molecule has 1 fully saturated rings. The second kappa shape index (κ2) is 5.27. The number of hydrogen-bond acceptors (Lipinski definition) is 2. The molecule has 1 saturated heterocycles. The number of carbonyl (C=O) groups is 1. The van der Waals surface area contributed by atoms with Crippen LogP contribution in [-0.2, 0) is 0 Å². The van der Waals surface area contributed by atoms with Gasteiger partial charge in [0.05, 0.1) is 10.7 Å². The van der Waals surface area contributed by atoms with Crippen LogP contribution < -0.4 is 10.6 Å². The van der Waals surface area contributed by atoms with Crippen LogP contribution in [0.15, 0.2) is 18.2 Å². The summed E-state index contributed by atoms with van der Waals surface area (Å²) in [5.74, 6) is 0. The molecule has 2 N–H and O–H groups in total. The fraction of sp³-hybridized carbons (Fsp3) is 0.417. The maximum absolute atomic E-state index is 11.3. The van der Waals surface area contributed by atoms with Crippen LogP contribution >= 0.6 is 11.6 Å². The first-order valence-corrected chi connectivity index (χ1v) is 6.08. The second-order valence-electron chi connectivity index (χ2n) is 4.08. The molecular formula is C12H16ClN3O. The molecule has 1 heterocycles. The monoisotopic (exact) mass is 253 g/mol. The van der Waals surface area contributed by atoms with Gasteiger partial charge in [-0.1, -0.05) is 23.7 Å². The van der Waals surface area contributed by atoms with Gasteiger partial charge in [-0.2, -0.15) is 0 Å². The molecular weight excluding hydrogens is 238 g/mol. The molecule has 5 heteroatoms. The van der Waals surface area contributed by atoms with E-state index in [1.165, 1.54) is 0 Å². The van der Waals surface area contributed by atoms with Gasteiger partial charge in [-0.15, -0.1) is 0 Å². The fourth-order valence-electron chi connectivity index (χ4n) is 1.83. The molecule has 1 aliphatic rings. The van der Waals surface area contributed by atoms with Crippen LogP contribution in [0.2, 0.25) is 5.02 Å². The highest BCUT2D eigenvalue weighted by atomic mass is 35.5. The quantitative estimate of drug-likeness (QED) is 0.863. The molecule has 0 saturated carbocycles. The Labute approximate surface area is 106 Å². The summed E-state index contributed by atoms with van der Waals surface area (Å²) >= 11 is 6.16. The molecule has 0 bridgehead atoms. The molecule has 0 aromatic heterocycles. The number of aryl methyl sites for hydroxylation is 1. The molecule has 1 aromatic carbocycles. The zero-order valence-corrected chi connectivity index (χ0v) is 10.5. The van der Waals surface area contributed by atoms with Crippen LogP contribution in [0.5, 0.6) is 0 Å². The molecule has 1 aromatic rings. The molecule has 0 aliphatic carbocycles. The van der Waals surface area contributed by atoms with Crippen LogP contribution in [-0.4, -0.2) is 37.1 Å². The average Bonchev–Trinajstić information content (AvgIpc) is 2.71. The number of benzene rings is 1. The first-order valence-electron chi connectivity index (χ1n) is 5.70. The van der Waals surface area contributed by atoms with Gasteiger partial charge in [0.15, 0.2) is 0 Å². The third kappa shape index (κ3) is 2.82. The van der Waals surface area contributed by atoms with E-state index in [4.69, 9.17) is 11.6 Å². The third-order valence-electron chi connectivity index (χ3n) is 2.83. The summed E-state index contributed by atoms with van der Waals surface area (Å²) in [6.07, 6.45) is 0. The van der Waals surface area contributed by atoms with Crippen LogP contribution in [0, 0.1) is 6.92 Å². The number of anilines is 1. The number of carbonyl (C=O) groups excluding carboxylic acids is 1. The van der Waals surface area contributed by atoms with E-state index in [9.17, 15) is 4.79 Å². The lowest BCUT2D eigenvalue weighted by molar-refractivity contribution is 0.219. The van der Waals surface area contributed by atoms with Gasteiger partial charge >= 0.3 is 6.03 Å². The highest BCUT2D eigenvalue weighted by Gasteiger charge is 2.18. The minimum absolute atomic E-state index is 0.0159. The number of amides is 2. The second-order valence-corrected chi connectivity index (χ2v) is 4.46. The topological polar surface area (TPSA) is 44.4 Å². The van der Waals surface area contributed by atoms with Crippen molar-refractivity contribution in [1.82, 2.24) is 10.2 Å². The minimum atomic E-state index is 0.0159. The molecule has 0 atom stereocenters. The van der Waals surface area contributed by atoms with E-state index in [1.54, 1.807) is 4.90 Å². The summed E-state index contributed by atoms with van der Waals surface area (Å²) < 4.78 is 0. The Balaban J connectivity index is 1.86. The van der Waals surface area contributed by atoms with E-state index in [2.05, 4.69) is 10.6 Å². The van der Waals surface area contributed by atoms with Gasteiger partial charge in [0, 0.05) is 26.2 Å². The molecule has 0 spiro atoms. The van der Waals surface area contributed by atoms with Gasteiger partial charge in [0.1, 0.15) is 0 Å². The van der Waals surface area contributed by atoms with Crippen LogP contribution in [0.1, 0.15) is 5.56 Å². The smallest absolute Gasteiger partial charge is 0.317 e. The number of urea groups is 1. The van der Waals surface area contributed by atoms with E-state index in [-0.39, 0.29) is 6.03 Å². The fourth-order valence-corrected chi connectivity index (χ4v) is 2.03. The molecule has 2 amide bonds. The number of hydrogen-bond donors (Lipinski definition) is 2. The summed E-state index contributed by atoms with van der Waals surface area (Å²) in [5.41, 5.74) is 1.97. The third-order valence-corrected chi connectivity index (χ3v) is 3.34. The van der Waals surface area contributed by atoms with Gasteiger partial charge in [0.2, 0.25) is 0 Å². The zero-order valence-electron chi connectivity index (χ0n) is 9.79. The molecule has 1 aliphatic heterocycles. The molecule has 0 radical (unpaired) electrons. The van der Waals surface area contributed by atoms with E-state index >= 15 is 0 Å². The van der Waals surface area contributed by atoms with Crippen molar-refractivity contribution in [2.75, 3.05) is 31.5 Å². The van der Waals surface area contributed by atoms with Crippen LogP contribution in [0.3, 0.4) is 0 Å². The molecule has 2 rings (SSSR count). The Morgan fingerprint density at radius 2 is 2.35 bits per heavy atom. The largest absolute Gasteiger partial charge is 0.382 e. The lowest BCUT2D eigenvalue weighted by Gasteiger charge is -2.15. The van der Waals surface area contributed by atoms with Crippen molar-refractivity contribution in [3.05, 3.63) is 28.8 Å². The molecule has 0 unspecified atom stereocenters. The highest BCUT2D eigenvalue weighted by Crippen LogP contribution is 2.24. The lowest BCUT2D eigenvalue weighted by Crippen LogP contribution is -2.32. The van der Waals surface area contributed by atoms with Crippen molar-refractivity contribution in [3.8, 4) is 0 Å². The van der Waals surface area contributed by atoms with E-state index in [0.717, 1.165) is 29.4 Å². The van der Waals surface area contributed by atoms with Crippen molar-refractivity contribution >= 4 is 23.3 Å². The molecule has 17 heavy (non-hydrogen) atoms. The van der Waals surface area contributed by atoms with Crippen molar-refractivity contribution < 1.29 is 4.79 Å². The Morgan fingerprint density at radius 1 is 1.53 bits per heavy atom. The summed E-state index contributed by atoms with van der Waals surface area (Å²) in [6, 6.07) is 5.90. The summed E-state index contributed by atoms with van der Waals surface area (Å²) in [7, 11) is 0. The Morgan fingerprint density at radius 3 is 3.06 bits per heavy atom. The summed E-state index contributed by atoms with van der Waals surface area (Å²) in [5, 5.41) is 6.77. The first kappa shape index (κ1) is 12.0. The normalized spacial score (nSPS) is 14.9. The molecule has 4 nitrogen and oxygen atoms in total. The summed E-state index contributed by atoms with van der Waals surface area (Å²) in [6.45, 7) is 4.89. The maximum Gasteiger partial charge on any atom is 0.317 e. The number of nitrogens with zero attached hydrogens (tertiary/aromatic N) is 1. The minimum Gasteiger partial charge on any atom is -0.382 e. The van der Waals surface area contributed by atoms with Gasteiger partial charge in [-0.3, -0.25) is 0 Å². The maximum atomic E-state index is 11.3. The predicted molar refractivity (Wildman–Crippen MR) is 69.7 cm³/mol. The van der Waals surface area contributed by atoms with Crippen LogP contribution in [0.25, 0.3) is 0 Å². The van der Waals surface area contributed by atoms with Crippen LogP contribution in [0.4, 0.5) is 10.5 Å².